The van der Waals surface area contributed by atoms with Gasteiger partial charge >= 0.3 is 164 Å². The van der Waals surface area contributed by atoms with E-state index >= 15 is 0 Å². The van der Waals surface area contributed by atoms with Gasteiger partial charge in [-0.15, -0.1) is 0 Å². The summed E-state index contributed by atoms with van der Waals surface area (Å²) < 4.78 is 13.4. The van der Waals surface area contributed by atoms with Crippen LogP contribution in [0.15, 0.2) is 18.2 Å². The summed E-state index contributed by atoms with van der Waals surface area (Å²) >= 11 is 3.42. The summed E-state index contributed by atoms with van der Waals surface area (Å²) in [5, 5.41) is 12.1. The number of benzene rings is 1. The Labute approximate surface area is 243 Å². The molecular formula is C27H31BrIN4O6-. The molecule has 4 aliphatic rings. The molecule has 3 fully saturated rings. The smallest absolute Gasteiger partial charge is 0.463 e. The molecule has 1 aromatic heterocycles. The third kappa shape index (κ3) is 4.41. The van der Waals surface area contributed by atoms with Crippen molar-refractivity contribution in [1.29, 1.82) is 0 Å². The van der Waals surface area contributed by atoms with E-state index in [0.717, 1.165) is 47.2 Å². The summed E-state index contributed by atoms with van der Waals surface area (Å²) in [4.78, 5) is 47.5. The number of amides is 2. The molecule has 39 heavy (non-hydrogen) atoms. The van der Waals surface area contributed by atoms with E-state index in [9.17, 15) is 19.5 Å². The van der Waals surface area contributed by atoms with E-state index in [2.05, 4.69) is 22.7 Å². The predicted molar refractivity (Wildman–Crippen MR) is 140 cm³/mol. The van der Waals surface area contributed by atoms with E-state index in [1.165, 1.54) is 0 Å². The predicted octanol–water partition coefficient (Wildman–Crippen LogP) is -0.0552. The number of piperidine rings is 1. The Kier molecular flexibility index (Phi) is 7.26. The maximum atomic E-state index is 13.6. The number of aliphatic hydroxyl groups is 1. The number of ether oxygens (including phenoxy) is 2. The zero-order chi connectivity index (χ0) is 27.5. The van der Waals surface area contributed by atoms with Gasteiger partial charge in [-0.25, -0.2) is 4.79 Å². The van der Waals surface area contributed by atoms with E-state index in [1.54, 1.807) is 17.9 Å². The van der Waals surface area contributed by atoms with E-state index in [4.69, 9.17) is 14.5 Å². The molecule has 0 radical (unpaired) electrons. The first-order valence-electron chi connectivity index (χ1n) is 13.4. The summed E-state index contributed by atoms with van der Waals surface area (Å²) in [5.41, 5.74) is 2.02. The van der Waals surface area contributed by atoms with Crippen LogP contribution in [0.5, 0.6) is 5.75 Å². The number of hydrogen-bond donors (Lipinski definition) is 1. The summed E-state index contributed by atoms with van der Waals surface area (Å²) in [6.07, 6.45) is 1.03. The Balaban J connectivity index is 1.30. The van der Waals surface area contributed by atoms with Gasteiger partial charge in [0, 0.05) is 5.92 Å². The van der Waals surface area contributed by atoms with Crippen LogP contribution >= 0.6 is 12.7 Å². The standard InChI is InChI=1S/C27H31BrIN4O6/c1-3-16-17-11-15(39-26(36)31-7-9-32(29-28)10-8-31)5-6-21(17)30-23-18(16)13-33-22(23)12-20-19(24(33)34)14-38-25(35)27(20,37)4-2/h5-6,11,19-20,22,37H,3-4,7-10,12-14H2,1-2H3/q-1. The van der Waals surface area contributed by atoms with Crippen LogP contribution in [-0.2, 0) is 27.3 Å². The first-order valence-corrected chi connectivity index (χ1v) is 19.2. The van der Waals surface area contributed by atoms with Crippen LogP contribution < -0.4 is 24.0 Å². The van der Waals surface area contributed by atoms with Crippen molar-refractivity contribution in [2.75, 3.05) is 32.8 Å². The number of esters is 1. The maximum absolute atomic E-state index is 13.6. The number of pyridine rings is 1. The van der Waals surface area contributed by atoms with E-state index in [0.29, 0.717) is 31.8 Å². The summed E-state index contributed by atoms with van der Waals surface area (Å²) in [5.74, 6) is -1.33. The molecule has 0 saturated carbocycles. The number of halogens is 2. The monoisotopic (exact) mass is 713 g/mol. The quantitative estimate of drug-likeness (QED) is 0.267. The molecule has 1 N–H and O–H groups in total. The van der Waals surface area contributed by atoms with Gasteiger partial charge in [0.15, 0.2) is 5.60 Å². The van der Waals surface area contributed by atoms with Crippen molar-refractivity contribution in [3.05, 3.63) is 35.0 Å². The van der Waals surface area contributed by atoms with Gasteiger partial charge in [0.05, 0.1) is 12.0 Å². The molecule has 0 aliphatic carbocycles. The Morgan fingerprint density at radius 3 is 2.72 bits per heavy atom. The molecule has 5 heterocycles. The third-order valence-electron chi connectivity index (χ3n) is 8.82. The number of piperazine rings is 1. The number of aryl methyl sites for hydroxylation is 1. The van der Waals surface area contributed by atoms with Crippen LogP contribution in [-0.4, -0.2) is 79.4 Å². The Bertz CT molecular complexity index is 1350. The number of carbonyl (C=O) groups is 3. The van der Waals surface area contributed by atoms with Gasteiger partial charge in [0.2, 0.25) is 5.91 Å². The fourth-order valence-electron chi connectivity index (χ4n) is 6.63. The second-order valence-electron chi connectivity index (χ2n) is 10.6. The molecule has 10 nitrogen and oxygen atoms in total. The molecule has 210 valence electrons. The molecule has 0 bridgehead atoms. The first kappa shape index (κ1) is 27.2. The first-order chi connectivity index (χ1) is 18.8. The van der Waals surface area contributed by atoms with Crippen LogP contribution in [0.1, 0.15) is 49.6 Å². The van der Waals surface area contributed by atoms with Crippen molar-refractivity contribution in [3.63, 3.8) is 0 Å². The number of carbonyl (C=O) groups excluding carboxylic acids is 3. The zero-order valence-corrected chi connectivity index (χ0v) is 25.6. The van der Waals surface area contributed by atoms with Crippen LogP contribution in [0.3, 0.4) is 0 Å². The number of hydrogen-bond acceptors (Lipinski definition) is 8. The van der Waals surface area contributed by atoms with Gasteiger partial charge in [-0.05, 0) is 12.8 Å². The van der Waals surface area contributed by atoms with Gasteiger partial charge in [0.1, 0.15) is 6.61 Å². The second-order valence-corrected chi connectivity index (χ2v) is 14.1. The van der Waals surface area contributed by atoms with Crippen molar-refractivity contribution in [2.24, 2.45) is 11.8 Å². The molecule has 2 amide bonds. The Morgan fingerprint density at radius 1 is 1.26 bits per heavy atom. The minimum atomic E-state index is -1.67. The van der Waals surface area contributed by atoms with Crippen molar-refractivity contribution in [2.45, 2.75) is 51.3 Å². The minimum Gasteiger partial charge on any atom is -0.463 e. The zero-order valence-electron chi connectivity index (χ0n) is 21.9. The van der Waals surface area contributed by atoms with Crippen LogP contribution in [0.2, 0.25) is 0 Å². The van der Waals surface area contributed by atoms with Crippen LogP contribution in [0, 0.1) is 11.8 Å². The summed E-state index contributed by atoms with van der Waals surface area (Å²) in [6.45, 7) is 7.22. The topological polar surface area (TPSA) is 113 Å². The third-order valence-corrected chi connectivity index (χ3v) is 12.8. The fourth-order valence-corrected chi connectivity index (χ4v) is 9.23. The fraction of sp³-hybridized carbons (Fsp3) is 0.556. The van der Waals surface area contributed by atoms with Gasteiger partial charge < -0.3 is 14.7 Å². The van der Waals surface area contributed by atoms with Gasteiger partial charge in [0.25, 0.3) is 0 Å². The summed E-state index contributed by atoms with van der Waals surface area (Å²) in [7, 11) is 0. The molecule has 4 atom stereocenters. The Hall–Kier alpha value is -2.03. The van der Waals surface area contributed by atoms with Gasteiger partial charge in [-0.2, -0.15) is 0 Å². The molecule has 3 saturated heterocycles. The minimum absolute atomic E-state index is 0.00166. The summed E-state index contributed by atoms with van der Waals surface area (Å²) in [6, 6.07) is 5.20. The average Bonchev–Trinajstić information content (AvgIpc) is 3.32. The normalized spacial score (nSPS) is 28.8. The average molecular weight is 714 g/mol. The van der Waals surface area contributed by atoms with Gasteiger partial charge in [-0.1, -0.05) is 6.92 Å². The number of nitrogens with zero attached hydrogens (tertiary/aromatic N) is 4. The van der Waals surface area contributed by atoms with E-state index in [-0.39, 0.29) is 50.3 Å². The molecule has 6 rings (SSSR count). The van der Waals surface area contributed by atoms with E-state index < -0.39 is 23.4 Å². The number of aromatic nitrogens is 1. The number of cyclic esters (lactones) is 1. The molecule has 1 aromatic carbocycles. The SMILES string of the molecule is CCc1c2c(nc3ccc(OC(=O)N4CCN([I-]Br)CC4)cc13)C1CC3C(COC(=O)C3(O)CC)C(=O)N1C2. The van der Waals surface area contributed by atoms with Crippen molar-refractivity contribution >= 4 is 41.6 Å². The number of rotatable bonds is 4. The second kappa shape index (κ2) is 10.4. The van der Waals surface area contributed by atoms with Crippen LogP contribution in [0.4, 0.5) is 4.79 Å². The molecule has 0 spiro atoms. The molecule has 4 unspecified atom stereocenters. The van der Waals surface area contributed by atoms with Crippen molar-refractivity contribution < 1.29 is 48.2 Å². The molecule has 12 heteroatoms. The van der Waals surface area contributed by atoms with Crippen molar-refractivity contribution in [1.82, 2.24) is 17.9 Å². The van der Waals surface area contributed by atoms with Gasteiger partial charge in [-0.3, -0.25) is 4.79 Å². The molecule has 2 aromatic rings. The molecule has 4 aliphatic heterocycles. The molecular weight excluding hydrogens is 683 g/mol. The van der Waals surface area contributed by atoms with Crippen LogP contribution in [0.25, 0.3) is 10.9 Å². The number of fused-ring (bicyclic) bond motifs is 5. The van der Waals surface area contributed by atoms with Crippen molar-refractivity contribution in [3.8, 4) is 5.75 Å². The Morgan fingerprint density at radius 2 is 2.03 bits per heavy atom. The van der Waals surface area contributed by atoms with E-state index in [1.807, 2.05) is 17.0 Å².